The monoisotopic (exact) mass is 440 g/mol. The summed E-state index contributed by atoms with van der Waals surface area (Å²) in [7, 11) is 0. The van der Waals surface area contributed by atoms with E-state index in [1.807, 2.05) is 42.5 Å². The van der Waals surface area contributed by atoms with Crippen molar-refractivity contribution in [1.82, 2.24) is 0 Å². The Bertz CT molecular complexity index is 1110. The Morgan fingerprint density at radius 3 is 2.29 bits per heavy atom. The molecule has 0 fully saturated rings. The Morgan fingerprint density at radius 1 is 0.708 bits per heavy atom. The first-order valence-corrected chi connectivity index (χ1v) is 8.93. The number of carbonyl (C=O) groups excluding carboxylic acids is 2. The summed E-state index contributed by atoms with van der Waals surface area (Å²) in [5.41, 5.74) is 1.16. The van der Waals surface area contributed by atoms with Gasteiger partial charge in [-0.15, -0.1) is 0 Å². The first-order valence-electron chi connectivity index (χ1n) is 7.35. The number of Topliss-reactive ketones (excluding diaryl/α,β-unsaturated/α-hetero) is 1. The lowest BCUT2D eigenvalue weighted by molar-refractivity contribution is -0.113. The highest BCUT2D eigenvalue weighted by molar-refractivity contribution is 9.12. The minimum absolute atomic E-state index is 0.192. The van der Waals surface area contributed by atoms with Crippen LogP contribution in [0.3, 0.4) is 0 Å². The largest absolute Gasteiger partial charge is 0.289 e. The predicted molar refractivity (Wildman–Crippen MR) is 104 cm³/mol. The molecule has 24 heavy (non-hydrogen) atoms. The number of hydrogen-bond acceptors (Lipinski definition) is 2. The van der Waals surface area contributed by atoms with Crippen LogP contribution < -0.4 is 0 Å². The second kappa shape index (κ2) is 5.80. The summed E-state index contributed by atoms with van der Waals surface area (Å²) in [6.07, 6.45) is 1.30. The molecule has 3 aromatic rings. The quantitative estimate of drug-likeness (QED) is 0.367. The Morgan fingerprint density at radius 2 is 1.46 bits per heavy atom. The van der Waals surface area contributed by atoms with Crippen molar-refractivity contribution in [1.29, 1.82) is 0 Å². The number of rotatable bonds is 1. The molecule has 4 rings (SSSR count). The van der Waals surface area contributed by atoms with Crippen LogP contribution in [0.5, 0.6) is 0 Å². The van der Waals surface area contributed by atoms with E-state index in [1.165, 1.54) is 6.08 Å². The second-order valence-electron chi connectivity index (χ2n) is 5.56. The van der Waals surface area contributed by atoms with Gasteiger partial charge in [-0.05, 0) is 59.0 Å². The SMILES string of the molecule is O=C1C=C(Br)C(=O)C(c2cccc3c2ccc2ccccc23)=C1Br. The summed E-state index contributed by atoms with van der Waals surface area (Å²) in [5, 5.41) is 4.27. The molecule has 0 aromatic heterocycles. The maximum Gasteiger partial charge on any atom is 0.202 e. The van der Waals surface area contributed by atoms with Gasteiger partial charge in [-0.1, -0.05) is 54.6 Å². The highest BCUT2D eigenvalue weighted by atomic mass is 79.9. The van der Waals surface area contributed by atoms with Gasteiger partial charge in [0, 0.05) is 11.6 Å². The fourth-order valence-corrected chi connectivity index (χ4v) is 4.00. The first-order chi connectivity index (χ1) is 11.6. The fraction of sp³-hybridized carbons (Fsp3) is 0. The molecule has 0 unspecified atom stereocenters. The van der Waals surface area contributed by atoms with Gasteiger partial charge in [0.1, 0.15) is 0 Å². The molecule has 0 heterocycles. The lowest BCUT2D eigenvalue weighted by atomic mass is 9.90. The molecular weight excluding hydrogens is 432 g/mol. The summed E-state index contributed by atoms with van der Waals surface area (Å²) in [4.78, 5) is 24.8. The Hall–Kier alpha value is -2.04. The molecule has 0 saturated carbocycles. The van der Waals surface area contributed by atoms with Crippen LogP contribution in [0, 0.1) is 0 Å². The summed E-state index contributed by atoms with van der Waals surface area (Å²) in [6, 6.07) is 18.0. The van der Waals surface area contributed by atoms with Crippen LogP contribution >= 0.6 is 31.9 Å². The Balaban J connectivity index is 2.08. The number of fused-ring (bicyclic) bond motifs is 3. The zero-order valence-electron chi connectivity index (χ0n) is 12.3. The summed E-state index contributed by atoms with van der Waals surface area (Å²) >= 11 is 6.50. The molecule has 4 heteroatoms. The van der Waals surface area contributed by atoms with Gasteiger partial charge in [0.15, 0.2) is 5.78 Å². The lowest BCUT2D eigenvalue weighted by Crippen LogP contribution is -2.13. The van der Waals surface area contributed by atoms with Crippen molar-refractivity contribution in [2.45, 2.75) is 0 Å². The van der Waals surface area contributed by atoms with E-state index in [2.05, 4.69) is 44.0 Å². The average molecular weight is 442 g/mol. The second-order valence-corrected chi connectivity index (χ2v) is 7.21. The third-order valence-electron chi connectivity index (χ3n) is 4.19. The predicted octanol–water partition coefficient (Wildman–Crippen LogP) is 5.53. The van der Waals surface area contributed by atoms with E-state index in [-0.39, 0.29) is 16.0 Å². The molecule has 3 aromatic carbocycles. The Labute approximate surface area is 155 Å². The third kappa shape index (κ3) is 2.29. The molecule has 0 bridgehead atoms. The molecule has 0 N–H and O–H groups in total. The maximum absolute atomic E-state index is 12.6. The lowest BCUT2D eigenvalue weighted by Gasteiger charge is -2.16. The standard InChI is InChI=1S/C20H10Br2O2/c21-16-10-17(23)19(22)18(20(16)24)15-7-3-6-13-12-5-2-1-4-11(12)8-9-14(13)15/h1-10H. The van der Waals surface area contributed by atoms with Crippen LogP contribution in [-0.4, -0.2) is 11.6 Å². The van der Waals surface area contributed by atoms with Crippen molar-refractivity contribution in [2.75, 3.05) is 0 Å². The van der Waals surface area contributed by atoms with E-state index >= 15 is 0 Å². The minimum Gasteiger partial charge on any atom is -0.289 e. The van der Waals surface area contributed by atoms with Gasteiger partial charge >= 0.3 is 0 Å². The highest BCUT2D eigenvalue weighted by Gasteiger charge is 2.28. The summed E-state index contributed by atoms with van der Waals surface area (Å²) in [5.74, 6) is -0.406. The molecule has 0 amide bonds. The molecule has 0 atom stereocenters. The van der Waals surface area contributed by atoms with Crippen molar-refractivity contribution < 1.29 is 9.59 Å². The van der Waals surface area contributed by atoms with E-state index in [0.717, 1.165) is 27.1 Å². The van der Waals surface area contributed by atoms with Gasteiger partial charge < -0.3 is 0 Å². The van der Waals surface area contributed by atoms with Crippen LogP contribution in [-0.2, 0) is 9.59 Å². The highest BCUT2D eigenvalue weighted by Crippen LogP contribution is 2.37. The third-order valence-corrected chi connectivity index (χ3v) is 5.57. The van der Waals surface area contributed by atoms with Crippen molar-refractivity contribution >= 4 is 70.5 Å². The van der Waals surface area contributed by atoms with E-state index in [9.17, 15) is 9.59 Å². The van der Waals surface area contributed by atoms with Crippen LogP contribution in [0.15, 0.2) is 69.6 Å². The average Bonchev–Trinajstić information content (AvgIpc) is 2.60. The van der Waals surface area contributed by atoms with Gasteiger partial charge in [0.2, 0.25) is 5.78 Å². The molecule has 0 aliphatic heterocycles. The van der Waals surface area contributed by atoms with E-state index in [1.54, 1.807) is 0 Å². The van der Waals surface area contributed by atoms with Crippen LogP contribution in [0.25, 0.3) is 27.1 Å². The zero-order valence-corrected chi connectivity index (χ0v) is 15.5. The number of carbonyl (C=O) groups is 2. The Kier molecular flexibility index (Phi) is 3.74. The summed E-state index contributed by atoms with van der Waals surface area (Å²) < 4.78 is 0.583. The van der Waals surface area contributed by atoms with Crippen LogP contribution in [0.1, 0.15) is 5.56 Å². The van der Waals surface area contributed by atoms with E-state index < -0.39 is 0 Å². The van der Waals surface area contributed by atoms with E-state index in [0.29, 0.717) is 10.1 Å². The molecule has 0 spiro atoms. The molecule has 1 aliphatic rings. The summed E-state index contributed by atoms with van der Waals surface area (Å²) in [6.45, 7) is 0. The van der Waals surface area contributed by atoms with Crippen molar-refractivity contribution in [2.24, 2.45) is 0 Å². The van der Waals surface area contributed by atoms with Gasteiger partial charge in [-0.25, -0.2) is 0 Å². The number of halogens is 2. The topological polar surface area (TPSA) is 34.1 Å². The normalized spacial score (nSPS) is 15.3. The van der Waals surface area contributed by atoms with Crippen molar-refractivity contribution in [3.63, 3.8) is 0 Å². The van der Waals surface area contributed by atoms with Crippen LogP contribution in [0.4, 0.5) is 0 Å². The molecule has 2 nitrogen and oxygen atoms in total. The van der Waals surface area contributed by atoms with Gasteiger partial charge in [-0.2, -0.15) is 0 Å². The van der Waals surface area contributed by atoms with Crippen molar-refractivity contribution in [3.05, 3.63) is 75.2 Å². The maximum atomic E-state index is 12.6. The first kappa shape index (κ1) is 15.5. The molecule has 1 aliphatic carbocycles. The molecule has 0 radical (unpaired) electrons. The molecule has 0 saturated heterocycles. The van der Waals surface area contributed by atoms with E-state index in [4.69, 9.17) is 0 Å². The fourth-order valence-electron chi connectivity index (χ4n) is 3.09. The van der Waals surface area contributed by atoms with Gasteiger partial charge in [0.05, 0.1) is 8.96 Å². The smallest absolute Gasteiger partial charge is 0.202 e. The number of allylic oxidation sites excluding steroid dienone is 4. The zero-order chi connectivity index (χ0) is 16.8. The molecular formula is C20H10Br2O2. The van der Waals surface area contributed by atoms with Crippen molar-refractivity contribution in [3.8, 4) is 0 Å². The minimum atomic E-state index is -0.214. The molecule has 116 valence electrons. The number of hydrogen-bond donors (Lipinski definition) is 0. The van der Waals surface area contributed by atoms with Crippen LogP contribution in [0.2, 0.25) is 0 Å². The number of benzene rings is 3. The van der Waals surface area contributed by atoms with Gasteiger partial charge in [0.25, 0.3) is 0 Å². The van der Waals surface area contributed by atoms with Gasteiger partial charge in [-0.3, -0.25) is 9.59 Å². The number of ketones is 2.